The zero-order valence-corrected chi connectivity index (χ0v) is 13.2. The fourth-order valence-electron chi connectivity index (χ4n) is 3.45. The lowest BCUT2D eigenvalue weighted by Crippen LogP contribution is -2.33. The molecule has 0 amide bonds. The summed E-state index contributed by atoms with van der Waals surface area (Å²) in [6, 6.07) is 4.76. The van der Waals surface area contributed by atoms with E-state index >= 15 is 0 Å². The van der Waals surface area contributed by atoms with Gasteiger partial charge < -0.3 is 5.11 Å². The number of rotatable bonds is 4. The number of benzene rings is 1. The fraction of sp³-hybridized carbons (Fsp3) is 0.588. The van der Waals surface area contributed by atoms with Crippen molar-refractivity contribution in [2.45, 2.75) is 39.5 Å². The summed E-state index contributed by atoms with van der Waals surface area (Å²) in [4.78, 5) is 11.5. The Morgan fingerprint density at radius 1 is 1.43 bits per heavy atom. The number of carboxylic acids is 1. The fourth-order valence-corrected chi connectivity index (χ4v) is 3.65. The Morgan fingerprint density at radius 3 is 2.76 bits per heavy atom. The molecule has 116 valence electrons. The summed E-state index contributed by atoms with van der Waals surface area (Å²) in [5, 5.41) is 9.56. The minimum atomic E-state index is -0.741. The molecule has 1 fully saturated rings. The van der Waals surface area contributed by atoms with Gasteiger partial charge in [0.15, 0.2) is 0 Å². The second-order valence-corrected chi connectivity index (χ2v) is 6.82. The Morgan fingerprint density at radius 2 is 2.14 bits per heavy atom. The zero-order valence-electron chi connectivity index (χ0n) is 12.5. The van der Waals surface area contributed by atoms with Crippen LogP contribution in [0.3, 0.4) is 0 Å². The summed E-state index contributed by atoms with van der Waals surface area (Å²) >= 11 is 6.02. The molecule has 1 saturated carbocycles. The van der Waals surface area contributed by atoms with Crippen LogP contribution in [0.4, 0.5) is 4.39 Å². The van der Waals surface area contributed by atoms with Crippen molar-refractivity contribution in [1.29, 1.82) is 0 Å². The topological polar surface area (TPSA) is 37.3 Å². The molecule has 3 atom stereocenters. The molecule has 0 radical (unpaired) electrons. The first-order chi connectivity index (χ1) is 9.90. The molecular weight excluding hydrogens is 291 g/mol. The number of hydrogen-bond donors (Lipinski definition) is 1. The Kier molecular flexibility index (Phi) is 5.26. The molecule has 1 N–H and O–H groups in total. The van der Waals surface area contributed by atoms with Crippen LogP contribution >= 0.6 is 11.6 Å². The average Bonchev–Trinajstić information content (AvgIpc) is 2.43. The van der Waals surface area contributed by atoms with Crippen molar-refractivity contribution < 1.29 is 14.3 Å². The highest BCUT2D eigenvalue weighted by atomic mass is 35.5. The summed E-state index contributed by atoms with van der Waals surface area (Å²) < 4.78 is 13.5. The van der Waals surface area contributed by atoms with Crippen molar-refractivity contribution in [1.82, 2.24) is 0 Å². The van der Waals surface area contributed by atoms with E-state index in [1.165, 1.54) is 6.07 Å². The lowest BCUT2D eigenvalue weighted by molar-refractivity contribution is -0.145. The maximum Gasteiger partial charge on any atom is 0.306 e. The molecule has 1 aliphatic rings. The van der Waals surface area contributed by atoms with Crippen molar-refractivity contribution in [2.24, 2.45) is 23.7 Å². The lowest BCUT2D eigenvalue weighted by atomic mass is 9.69. The molecule has 2 rings (SSSR count). The van der Waals surface area contributed by atoms with Crippen LogP contribution in [-0.2, 0) is 11.2 Å². The lowest BCUT2D eigenvalue weighted by Gasteiger charge is -2.36. The standard InChI is InChI=1S/C17H22ClFO2/c1-10(2)11-6-7-14(17(20)21)13(8-11)9-12-4-3-5-15(19)16(12)18/h3-5,10-11,13-14H,6-9H2,1-2H3,(H,20,21). The van der Waals surface area contributed by atoms with Crippen LogP contribution < -0.4 is 0 Å². The Hall–Kier alpha value is -1.09. The van der Waals surface area contributed by atoms with Crippen LogP contribution in [0.5, 0.6) is 0 Å². The first-order valence-corrected chi connectivity index (χ1v) is 7.93. The van der Waals surface area contributed by atoms with Crippen LogP contribution in [0.2, 0.25) is 5.02 Å². The minimum Gasteiger partial charge on any atom is -0.481 e. The van der Waals surface area contributed by atoms with Gasteiger partial charge in [-0.3, -0.25) is 4.79 Å². The third kappa shape index (κ3) is 3.76. The van der Waals surface area contributed by atoms with Crippen molar-refractivity contribution >= 4 is 17.6 Å². The molecule has 21 heavy (non-hydrogen) atoms. The first kappa shape index (κ1) is 16.3. The normalized spacial score (nSPS) is 26.0. The number of halogens is 2. The summed E-state index contributed by atoms with van der Waals surface area (Å²) in [5.74, 6) is -0.405. The predicted molar refractivity (Wildman–Crippen MR) is 81.9 cm³/mol. The number of carbonyl (C=O) groups is 1. The molecule has 0 aromatic heterocycles. The van der Waals surface area contributed by atoms with E-state index < -0.39 is 11.8 Å². The van der Waals surface area contributed by atoms with Gasteiger partial charge in [-0.25, -0.2) is 4.39 Å². The molecule has 1 aromatic rings. The Labute approximate surface area is 130 Å². The maximum absolute atomic E-state index is 13.5. The van der Waals surface area contributed by atoms with Crippen LogP contribution in [0.1, 0.15) is 38.7 Å². The van der Waals surface area contributed by atoms with Crippen LogP contribution in [0.15, 0.2) is 18.2 Å². The van der Waals surface area contributed by atoms with Gasteiger partial charge in [0.2, 0.25) is 0 Å². The molecule has 1 aliphatic carbocycles. The molecule has 0 saturated heterocycles. The Balaban J connectivity index is 2.20. The van der Waals surface area contributed by atoms with Crippen molar-refractivity contribution in [3.05, 3.63) is 34.6 Å². The SMILES string of the molecule is CC(C)C1CCC(C(=O)O)C(Cc2cccc(F)c2Cl)C1. The summed E-state index contributed by atoms with van der Waals surface area (Å²) in [5.41, 5.74) is 0.720. The van der Waals surface area contributed by atoms with Gasteiger partial charge in [0.1, 0.15) is 5.82 Å². The second-order valence-electron chi connectivity index (χ2n) is 6.44. The van der Waals surface area contributed by atoms with Gasteiger partial charge in [-0.15, -0.1) is 0 Å². The minimum absolute atomic E-state index is 0.0305. The van der Waals surface area contributed by atoms with E-state index in [9.17, 15) is 14.3 Å². The molecule has 0 aliphatic heterocycles. The first-order valence-electron chi connectivity index (χ1n) is 7.55. The van der Waals surface area contributed by atoms with Gasteiger partial charge in [-0.1, -0.05) is 37.6 Å². The molecular formula is C17H22ClFO2. The van der Waals surface area contributed by atoms with E-state index in [0.717, 1.165) is 18.4 Å². The predicted octanol–water partition coefficient (Wildman–Crippen LogP) is 4.79. The number of hydrogen-bond acceptors (Lipinski definition) is 1. The summed E-state index contributed by atoms with van der Waals surface area (Å²) in [6.45, 7) is 4.36. The third-order valence-corrected chi connectivity index (χ3v) is 5.22. The maximum atomic E-state index is 13.5. The smallest absolute Gasteiger partial charge is 0.306 e. The van der Waals surface area contributed by atoms with E-state index in [4.69, 9.17) is 11.6 Å². The zero-order chi connectivity index (χ0) is 15.6. The van der Waals surface area contributed by atoms with E-state index in [1.54, 1.807) is 12.1 Å². The van der Waals surface area contributed by atoms with Crippen molar-refractivity contribution in [3.8, 4) is 0 Å². The van der Waals surface area contributed by atoms with E-state index in [2.05, 4.69) is 13.8 Å². The van der Waals surface area contributed by atoms with Gasteiger partial charge in [0.25, 0.3) is 0 Å². The van der Waals surface area contributed by atoms with Gasteiger partial charge >= 0.3 is 5.97 Å². The largest absolute Gasteiger partial charge is 0.481 e. The van der Waals surface area contributed by atoms with Gasteiger partial charge in [0, 0.05) is 0 Å². The van der Waals surface area contributed by atoms with Gasteiger partial charge in [-0.05, 0) is 55.1 Å². The number of carboxylic acid groups (broad SMARTS) is 1. The summed E-state index contributed by atoms with van der Waals surface area (Å²) in [7, 11) is 0. The molecule has 2 nitrogen and oxygen atoms in total. The second kappa shape index (κ2) is 6.78. The van der Waals surface area contributed by atoms with Crippen molar-refractivity contribution in [3.63, 3.8) is 0 Å². The number of aliphatic carboxylic acids is 1. The average molecular weight is 313 g/mol. The molecule has 0 spiro atoms. The van der Waals surface area contributed by atoms with Gasteiger partial charge in [-0.2, -0.15) is 0 Å². The highest BCUT2D eigenvalue weighted by molar-refractivity contribution is 6.31. The molecule has 3 unspecified atom stereocenters. The summed E-state index contributed by atoms with van der Waals surface area (Å²) in [6.07, 6.45) is 3.08. The van der Waals surface area contributed by atoms with Crippen LogP contribution in [-0.4, -0.2) is 11.1 Å². The highest BCUT2D eigenvalue weighted by Gasteiger charge is 2.36. The van der Waals surface area contributed by atoms with Crippen LogP contribution in [0, 0.1) is 29.5 Å². The van der Waals surface area contributed by atoms with Gasteiger partial charge in [0.05, 0.1) is 10.9 Å². The van der Waals surface area contributed by atoms with E-state index in [1.807, 2.05) is 0 Å². The molecule has 4 heteroatoms. The highest BCUT2D eigenvalue weighted by Crippen LogP contribution is 2.40. The van der Waals surface area contributed by atoms with E-state index in [0.29, 0.717) is 24.7 Å². The molecule has 0 bridgehead atoms. The monoisotopic (exact) mass is 312 g/mol. The quantitative estimate of drug-likeness (QED) is 0.867. The van der Waals surface area contributed by atoms with Crippen molar-refractivity contribution in [2.75, 3.05) is 0 Å². The molecule has 1 aromatic carbocycles. The molecule has 0 heterocycles. The third-order valence-electron chi connectivity index (χ3n) is 4.80. The van der Waals surface area contributed by atoms with Crippen LogP contribution in [0.25, 0.3) is 0 Å². The van der Waals surface area contributed by atoms with E-state index in [-0.39, 0.29) is 16.9 Å². The Bertz CT molecular complexity index is 516.